The van der Waals surface area contributed by atoms with Gasteiger partial charge in [0.05, 0.1) is 23.2 Å². The molecule has 0 unspecified atom stereocenters. The Balaban J connectivity index is 1.86. The van der Waals surface area contributed by atoms with Gasteiger partial charge < -0.3 is 16.2 Å². The summed E-state index contributed by atoms with van der Waals surface area (Å²) in [4.78, 5) is 4.03. The zero-order valence-corrected chi connectivity index (χ0v) is 11.0. The standard InChI is InChI=1S/C14H23N3O/c1-2-11-3-5-14(18,6-4-11)10-17-13-7-12(15)8-16-9-13/h7-9,11,17-18H,2-6,10,15H2,1H3. The van der Waals surface area contributed by atoms with Crippen molar-refractivity contribution in [1.29, 1.82) is 0 Å². The first-order valence-corrected chi connectivity index (χ1v) is 6.78. The van der Waals surface area contributed by atoms with Gasteiger partial charge in [-0.05, 0) is 37.7 Å². The van der Waals surface area contributed by atoms with Crippen LogP contribution in [0, 0.1) is 5.92 Å². The molecule has 0 spiro atoms. The van der Waals surface area contributed by atoms with E-state index in [1.54, 1.807) is 12.4 Å². The number of rotatable bonds is 4. The largest absolute Gasteiger partial charge is 0.397 e. The number of nitrogen functional groups attached to an aromatic ring is 1. The van der Waals surface area contributed by atoms with Crippen molar-refractivity contribution in [2.75, 3.05) is 17.6 Å². The monoisotopic (exact) mass is 249 g/mol. The van der Waals surface area contributed by atoms with Crippen LogP contribution in [0.25, 0.3) is 0 Å². The molecular weight excluding hydrogens is 226 g/mol. The molecule has 1 aliphatic carbocycles. The molecule has 0 aromatic carbocycles. The van der Waals surface area contributed by atoms with E-state index in [-0.39, 0.29) is 0 Å². The van der Waals surface area contributed by atoms with E-state index >= 15 is 0 Å². The summed E-state index contributed by atoms with van der Waals surface area (Å²) in [5.41, 5.74) is 6.61. The van der Waals surface area contributed by atoms with Crippen LogP contribution in [0.3, 0.4) is 0 Å². The van der Waals surface area contributed by atoms with Crippen molar-refractivity contribution < 1.29 is 5.11 Å². The Morgan fingerprint density at radius 1 is 1.44 bits per heavy atom. The zero-order chi connectivity index (χ0) is 13.0. The van der Waals surface area contributed by atoms with E-state index in [1.165, 1.54) is 6.42 Å². The van der Waals surface area contributed by atoms with Gasteiger partial charge in [0.2, 0.25) is 0 Å². The topological polar surface area (TPSA) is 71.2 Å². The summed E-state index contributed by atoms with van der Waals surface area (Å²) in [7, 11) is 0. The smallest absolute Gasteiger partial charge is 0.0819 e. The van der Waals surface area contributed by atoms with Crippen LogP contribution in [0.4, 0.5) is 11.4 Å². The number of nitrogens with one attached hydrogen (secondary N) is 1. The number of aliphatic hydroxyl groups is 1. The molecule has 1 aromatic heterocycles. The average Bonchev–Trinajstić information content (AvgIpc) is 2.38. The van der Waals surface area contributed by atoms with E-state index in [9.17, 15) is 5.11 Å². The molecule has 0 atom stereocenters. The number of nitrogens with two attached hydrogens (primary N) is 1. The van der Waals surface area contributed by atoms with E-state index < -0.39 is 5.60 Å². The third-order valence-electron chi connectivity index (χ3n) is 3.99. The van der Waals surface area contributed by atoms with Gasteiger partial charge in [-0.15, -0.1) is 0 Å². The highest BCUT2D eigenvalue weighted by atomic mass is 16.3. The minimum absolute atomic E-state index is 0.573. The number of hydrogen-bond donors (Lipinski definition) is 3. The number of pyridine rings is 1. The lowest BCUT2D eigenvalue weighted by atomic mass is 9.78. The van der Waals surface area contributed by atoms with Crippen molar-refractivity contribution in [3.05, 3.63) is 18.5 Å². The fourth-order valence-electron chi connectivity index (χ4n) is 2.62. The van der Waals surface area contributed by atoms with E-state index in [0.29, 0.717) is 12.2 Å². The maximum Gasteiger partial charge on any atom is 0.0819 e. The summed E-state index contributed by atoms with van der Waals surface area (Å²) in [6.45, 7) is 2.81. The number of nitrogens with zero attached hydrogens (tertiary/aromatic N) is 1. The van der Waals surface area contributed by atoms with Crippen LogP contribution in [0.5, 0.6) is 0 Å². The SMILES string of the molecule is CCC1CCC(O)(CNc2cncc(N)c2)CC1. The van der Waals surface area contributed by atoms with E-state index in [4.69, 9.17) is 5.73 Å². The molecule has 2 rings (SSSR count). The van der Waals surface area contributed by atoms with Crippen LogP contribution in [-0.2, 0) is 0 Å². The van der Waals surface area contributed by atoms with Gasteiger partial charge in [0.1, 0.15) is 0 Å². The Hall–Kier alpha value is -1.29. The number of hydrogen-bond acceptors (Lipinski definition) is 4. The molecule has 100 valence electrons. The first kappa shape index (κ1) is 13.1. The first-order valence-electron chi connectivity index (χ1n) is 6.78. The average molecular weight is 249 g/mol. The zero-order valence-electron chi connectivity index (χ0n) is 11.0. The van der Waals surface area contributed by atoms with Crippen LogP contribution in [0.15, 0.2) is 18.5 Å². The third-order valence-corrected chi connectivity index (χ3v) is 3.99. The second kappa shape index (κ2) is 5.57. The molecule has 18 heavy (non-hydrogen) atoms. The van der Waals surface area contributed by atoms with Crippen molar-refractivity contribution in [2.24, 2.45) is 5.92 Å². The van der Waals surface area contributed by atoms with Crippen LogP contribution in [0.1, 0.15) is 39.0 Å². The van der Waals surface area contributed by atoms with Crippen molar-refractivity contribution in [3.63, 3.8) is 0 Å². The molecule has 4 nitrogen and oxygen atoms in total. The van der Waals surface area contributed by atoms with Crippen LogP contribution in [0.2, 0.25) is 0 Å². The Kier molecular flexibility index (Phi) is 4.07. The fraction of sp³-hybridized carbons (Fsp3) is 0.643. The lowest BCUT2D eigenvalue weighted by molar-refractivity contribution is 0.00229. The lowest BCUT2D eigenvalue weighted by Gasteiger charge is -2.36. The van der Waals surface area contributed by atoms with Crippen LogP contribution in [-0.4, -0.2) is 22.2 Å². The molecule has 0 bridgehead atoms. The summed E-state index contributed by atoms with van der Waals surface area (Å²) in [5.74, 6) is 0.791. The molecule has 4 N–H and O–H groups in total. The molecule has 0 saturated heterocycles. The lowest BCUT2D eigenvalue weighted by Crippen LogP contribution is -2.40. The minimum atomic E-state index is -0.573. The molecule has 1 heterocycles. The molecule has 0 amide bonds. The fourth-order valence-corrected chi connectivity index (χ4v) is 2.62. The second-order valence-electron chi connectivity index (χ2n) is 5.44. The highest BCUT2D eigenvalue weighted by Crippen LogP contribution is 2.33. The maximum atomic E-state index is 10.5. The Labute approximate surface area is 109 Å². The molecule has 0 aliphatic heterocycles. The molecule has 4 heteroatoms. The maximum absolute atomic E-state index is 10.5. The molecule has 1 aromatic rings. The van der Waals surface area contributed by atoms with Crippen molar-refractivity contribution >= 4 is 11.4 Å². The van der Waals surface area contributed by atoms with Crippen molar-refractivity contribution in [3.8, 4) is 0 Å². The Morgan fingerprint density at radius 2 is 2.17 bits per heavy atom. The molecule has 1 fully saturated rings. The van der Waals surface area contributed by atoms with Gasteiger partial charge in [-0.1, -0.05) is 13.3 Å². The summed E-state index contributed by atoms with van der Waals surface area (Å²) < 4.78 is 0. The summed E-state index contributed by atoms with van der Waals surface area (Å²) >= 11 is 0. The quantitative estimate of drug-likeness (QED) is 0.766. The predicted molar refractivity (Wildman–Crippen MR) is 74.3 cm³/mol. The summed E-state index contributed by atoms with van der Waals surface area (Å²) in [5, 5.41) is 13.7. The van der Waals surface area contributed by atoms with Crippen molar-refractivity contribution in [2.45, 2.75) is 44.6 Å². The van der Waals surface area contributed by atoms with E-state index in [1.807, 2.05) is 6.07 Å². The van der Waals surface area contributed by atoms with Gasteiger partial charge in [0.15, 0.2) is 0 Å². The van der Waals surface area contributed by atoms with E-state index in [2.05, 4.69) is 17.2 Å². The molecule has 1 saturated carbocycles. The third kappa shape index (κ3) is 3.35. The predicted octanol–water partition coefficient (Wildman–Crippen LogP) is 2.41. The van der Waals surface area contributed by atoms with Gasteiger partial charge >= 0.3 is 0 Å². The molecule has 0 radical (unpaired) electrons. The van der Waals surface area contributed by atoms with Gasteiger partial charge in [0, 0.05) is 12.7 Å². The van der Waals surface area contributed by atoms with Crippen LogP contribution < -0.4 is 11.1 Å². The van der Waals surface area contributed by atoms with Gasteiger partial charge in [-0.3, -0.25) is 4.98 Å². The highest BCUT2D eigenvalue weighted by molar-refractivity contribution is 5.51. The normalized spacial score (nSPS) is 28.0. The van der Waals surface area contributed by atoms with Gasteiger partial charge in [0.25, 0.3) is 0 Å². The van der Waals surface area contributed by atoms with Crippen molar-refractivity contribution in [1.82, 2.24) is 4.98 Å². The summed E-state index contributed by atoms with van der Waals surface area (Å²) in [6, 6.07) is 1.84. The molecular formula is C14H23N3O. The minimum Gasteiger partial charge on any atom is -0.397 e. The number of anilines is 2. The van der Waals surface area contributed by atoms with E-state index in [0.717, 1.165) is 37.3 Å². The summed E-state index contributed by atoms with van der Waals surface area (Å²) in [6.07, 6.45) is 8.60. The number of aromatic nitrogens is 1. The highest BCUT2D eigenvalue weighted by Gasteiger charge is 2.32. The second-order valence-corrected chi connectivity index (χ2v) is 5.44. The van der Waals surface area contributed by atoms with Crippen LogP contribution >= 0.6 is 0 Å². The molecule has 1 aliphatic rings. The first-order chi connectivity index (χ1) is 8.61. The Bertz CT molecular complexity index is 386. The Morgan fingerprint density at radius 3 is 2.78 bits per heavy atom. The van der Waals surface area contributed by atoms with Gasteiger partial charge in [-0.25, -0.2) is 0 Å². The van der Waals surface area contributed by atoms with Gasteiger partial charge in [-0.2, -0.15) is 0 Å².